The number of benzene rings is 4. The summed E-state index contributed by atoms with van der Waals surface area (Å²) in [5, 5.41) is 18.3. The predicted molar refractivity (Wildman–Crippen MR) is 246 cm³/mol. The Morgan fingerprint density at radius 1 is 0.629 bits per heavy atom. The average molecular weight is 857 g/mol. The van der Waals surface area contributed by atoms with Crippen molar-refractivity contribution in [3.8, 4) is 39.8 Å². The van der Waals surface area contributed by atoms with Gasteiger partial charge in [0.1, 0.15) is 27.8 Å². The SMILES string of the molecule is CCOc1nc(N2CCNCC2)nc2c1[nH]c1cc(-c3ccc(O)cc3)ccc12.CCOc1nc(N2CCNCC2)nc2c1[nH]c1cc(-c3cccc(C(=O)OC)c3)ccc12.Cl. The van der Waals surface area contributed by atoms with Gasteiger partial charge < -0.3 is 49.7 Å². The summed E-state index contributed by atoms with van der Waals surface area (Å²) in [5.74, 6) is 2.47. The van der Waals surface area contributed by atoms with Crippen LogP contribution in [0.2, 0.25) is 0 Å². The molecule has 2 saturated heterocycles. The number of hydrogen-bond donors (Lipinski definition) is 5. The second-order valence-corrected chi connectivity index (χ2v) is 14.8. The highest BCUT2D eigenvalue weighted by molar-refractivity contribution is 6.09. The molecule has 16 heteroatoms. The fourth-order valence-electron chi connectivity index (χ4n) is 7.90. The van der Waals surface area contributed by atoms with E-state index in [4.69, 9.17) is 34.1 Å². The molecule has 0 unspecified atom stereocenters. The molecule has 10 rings (SSSR count). The number of phenolic OH excluding ortho intramolecular Hbond substituents is 1. The fraction of sp³-hybridized carbons (Fsp3) is 0.283. The van der Waals surface area contributed by atoms with Crippen LogP contribution < -0.4 is 29.9 Å². The topological polar surface area (TPSA) is 179 Å². The molecule has 2 aliphatic heterocycles. The molecule has 0 saturated carbocycles. The van der Waals surface area contributed by atoms with Gasteiger partial charge in [0.05, 0.1) is 25.9 Å². The van der Waals surface area contributed by atoms with Gasteiger partial charge in [-0.25, -0.2) is 14.8 Å². The molecule has 8 aromatic rings. The number of aromatic hydroxyl groups is 1. The number of carbonyl (C=O) groups excluding carboxylic acids is 1. The van der Waals surface area contributed by atoms with Crippen molar-refractivity contribution in [2.24, 2.45) is 0 Å². The van der Waals surface area contributed by atoms with Crippen molar-refractivity contribution < 1.29 is 24.1 Å². The Hall–Kier alpha value is -6.68. The van der Waals surface area contributed by atoms with Crippen molar-refractivity contribution >= 4 is 74.1 Å². The van der Waals surface area contributed by atoms with Crippen molar-refractivity contribution in [2.75, 3.05) is 82.5 Å². The van der Waals surface area contributed by atoms with Gasteiger partial charge in [-0.05, 0) is 72.5 Å². The van der Waals surface area contributed by atoms with Crippen LogP contribution in [0.15, 0.2) is 84.9 Å². The standard InChI is InChI=1S/C24H25N5O3.C22H23N5O2.ClH/c1-3-32-22-21-20(27-24(28-22)29-11-9-25-10-12-29)18-8-7-16(14-19(18)26-21)15-5-4-6-17(13-15)23(30)31-2;1-2-29-21-20-19(25-22(26-21)27-11-9-23-10-12-27)17-8-5-15(13-18(17)24-20)14-3-6-16(28)7-4-14;/h4-8,13-14,25-26H,3,9-12H2,1-2H3;3-8,13,23-24,28H,2,9-12H2,1H3;1H. The molecule has 2 fully saturated rings. The summed E-state index contributed by atoms with van der Waals surface area (Å²) in [4.78, 5) is 42.4. The van der Waals surface area contributed by atoms with E-state index in [1.165, 1.54) is 7.11 Å². The maximum absolute atomic E-state index is 11.9. The Morgan fingerprint density at radius 3 is 1.58 bits per heavy atom. The van der Waals surface area contributed by atoms with Gasteiger partial charge in [-0.3, -0.25) is 0 Å². The minimum atomic E-state index is -0.351. The monoisotopic (exact) mass is 856 g/mol. The molecule has 6 heterocycles. The summed E-state index contributed by atoms with van der Waals surface area (Å²) < 4.78 is 16.6. The van der Waals surface area contributed by atoms with Gasteiger partial charge in [-0.15, -0.1) is 12.4 Å². The smallest absolute Gasteiger partial charge is 0.337 e. The van der Waals surface area contributed by atoms with Gasteiger partial charge in [-0.1, -0.05) is 48.5 Å². The predicted octanol–water partition coefficient (Wildman–Crippen LogP) is 7.09. The van der Waals surface area contributed by atoms with Crippen LogP contribution in [0, 0.1) is 0 Å². The van der Waals surface area contributed by atoms with E-state index in [9.17, 15) is 9.90 Å². The van der Waals surface area contributed by atoms with E-state index in [-0.39, 0.29) is 24.1 Å². The zero-order valence-electron chi connectivity index (χ0n) is 34.8. The third-order valence-corrected chi connectivity index (χ3v) is 11.0. The van der Waals surface area contributed by atoms with Gasteiger partial charge in [0.15, 0.2) is 0 Å². The third kappa shape index (κ3) is 8.46. The van der Waals surface area contributed by atoms with Gasteiger partial charge in [0, 0.05) is 74.2 Å². The number of rotatable bonds is 9. The molecule has 15 nitrogen and oxygen atoms in total. The Balaban J connectivity index is 0.000000169. The molecule has 0 atom stereocenters. The molecule has 62 heavy (non-hydrogen) atoms. The second-order valence-electron chi connectivity index (χ2n) is 14.8. The number of nitrogens with one attached hydrogen (secondary N) is 4. The van der Waals surface area contributed by atoms with Crippen LogP contribution in [-0.2, 0) is 4.74 Å². The Labute approximate surface area is 364 Å². The Morgan fingerprint density at radius 2 is 1.10 bits per heavy atom. The quantitative estimate of drug-likeness (QED) is 0.0931. The summed E-state index contributed by atoms with van der Waals surface area (Å²) in [6.07, 6.45) is 0. The number of aromatic nitrogens is 6. The average Bonchev–Trinajstić information content (AvgIpc) is 3.88. The largest absolute Gasteiger partial charge is 0.508 e. The lowest BCUT2D eigenvalue weighted by Crippen LogP contribution is -2.44. The van der Waals surface area contributed by atoms with Crippen molar-refractivity contribution in [3.05, 3.63) is 90.5 Å². The highest BCUT2D eigenvalue weighted by atomic mass is 35.5. The summed E-state index contributed by atoms with van der Waals surface area (Å²) in [5.41, 5.74) is 9.82. The zero-order chi connectivity index (χ0) is 41.9. The number of nitrogens with zero attached hydrogens (tertiary/aromatic N) is 6. The minimum Gasteiger partial charge on any atom is -0.508 e. The van der Waals surface area contributed by atoms with Crippen LogP contribution in [0.1, 0.15) is 24.2 Å². The van der Waals surface area contributed by atoms with Crippen LogP contribution in [-0.4, -0.2) is 114 Å². The normalized spacial score (nSPS) is 14.1. The number of esters is 1. The number of ether oxygens (including phenoxy) is 3. The highest BCUT2D eigenvalue weighted by Gasteiger charge is 2.22. The van der Waals surface area contributed by atoms with Crippen LogP contribution in [0.25, 0.3) is 66.1 Å². The maximum atomic E-state index is 11.9. The molecule has 4 aromatic heterocycles. The lowest BCUT2D eigenvalue weighted by molar-refractivity contribution is 0.0600. The van der Waals surface area contributed by atoms with Crippen molar-refractivity contribution in [1.82, 2.24) is 40.5 Å². The molecule has 320 valence electrons. The fourth-order valence-corrected chi connectivity index (χ4v) is 7.90. The summed E-state index contributed by atoms with van der Waals surface area (Å²) in [6.45, 7) is 12.1. The first-order valence-electron chi connectivity index (χ1n) is 20.7. The van der Waals surface area contributed by atoms with E-state index in [1.54, 1.807) is 18.2 Å². The zero-order valence-corrected chi connectivity index (χ0v) is 35.6. The van der Waals surface area contributed by atoms with Crippen LogP contribution in [0.3, 0.4) is 0 Å². The van der Waals surface area contributed by atoms with Crippen molar-refractivity contribution in [2.45, 2.75) is 13.8 Å². The molecule has 0 amide bonds. The summed E-state index contributed by atoms with van der Waals surface area (Å²) in [7, 11) is 1.39. The lowest BCUT2D eigenvalue weighted by atomic mass is 10.0. The maximum Gasteiger partial charge on any atom is 0.337 e. The van der Waals surface area contributed by atoms with E-state index in [2.05, 4.69) is 60.7 Å². The molecule has 0 spiro atoms. The molecular weight excluding hydrogens is 808 g/mol. The first-order chi connectivity index (χ1) is 29.9. The van der Waals surface area contributed by atoms with Gasteiger partial charge >= 0.3 is 5.97 Å². The minimum absolute atomic E-state index is 0. The van der Waals surface area contributed by atoms with Crippen LogP contribution >= 0.6 is 12.4 Å². The molecule has 5 N–H and O–H groups in total. The Kier molecular flexibility index (Phi) is 12.6. The second kappa shape index (κ2) is 18.5. The van der Waals surface area contributed by atoms with Crippen LogP contribution in [0.5, 0.6) is 17.5 Å². The first kappa shape index (κ1) is 42.0. The van der Waals surface area contributed by atoms with E-state index < -0.39 is 0 Å². The number of aromatic amines is 2. The van der Waals surface area contributed by atoms with E-state index >= 15 is 0 Å². The Bertz CT molecular complexity index is 2850. The summed E-state index contributed by atoms with van der Waals surface area (Å²) in [6, 6.07) is 27.1. The van der Waals surface area contributed by atoms with E-state index in [1.807, 2.05) is 50.2 Å². The van der Waals surface area contributed by atoms with Gasteiger partial charge in [0.25, 0.3) is 0 Å². The van der Waals surface area contributed by atoms with Gasteiger partial charge in [-0.2, -0.15) is 9.97 Å². The summed E-state index contributed by atoms with van der Waals surface area (Å²) >= 11 is 0. The number of piperazine rings is 2. The molecule has 0 bridgehead atoms. The van der Waals surface area contributed by atoms with E-state index in [0.717, 1.165) is 118 Å². The molecule has 0 aliphatic carbocycles. The number of anilines is 2. The highest BCUT2D eigenvalue weighted by Crippen LogP contribution is 2.36. The molecule has 0 radical (unpaired) electrons. The molecule has 2 aliphatic rings. The molecule has 4 aromatic carbocycles. The first-order valence-corrected chi connectivity index (χ1v) is 20.7. The van der Waals surface area contributed by atoms with Crippen molar-refractivity contribution in [1.29, 1.82) is 0 Å². The number of methoxy groups -OCH3 is 1. The number of phenols is 1. The number of carbonyl (C=O) groups is 1. The van der Waals surface area contributed by atoms with E-state index in [0.29, 0.717) is 42.4 Å². The van der Waals surface area contributed by atoms with Crippen molar-refractivity contribution in [3.63, 3.8) is 0 Å². The lowest BCUT2D eigenvalue weighted by Gasteiger charge is -2.27. The van der Waals surface area contributed by atoms with Crippen LogP contribution in [0.4, 0.5) is 11.9 Å². The number of halogens is 1. The van der Waals surface area contributed by atoms with Gasteiger partial charge in [0.2, 0.25) is 23.7 Å². The number of fused-ring (bicyclic) bond motifs is 6. The number of H-pyrrole nitrogens is 2. The molecular formula is C46H49ClN10O5. The third-order valence-electron chi connectivity index (χ3n) is 11.0. The number of hydrogen-bond acceptors (Lipinski definition) is 13.